The van der Waals surface area contributed by atoms with Gasteiger partial charge in [-0.2, -0.15) is 0 Å². The maximum absolute atomic E-state index is 9.87. The van der Waals surface area contributed by atoms with E-state index in [2.05, 4.69) is 12.8 Å². The van der Waals surface area contributed by atoms with E-state index in [1.807, 2.05) is 12.1 Å². The van der Waals surface area contributed by atoms with E-state index in [-0.39, 0.29) is 0 Å². The third-order valence-corrected chi connectivity index (χ3v) is 4.09. The van der Waals surface area contributed by atoms with E-state index in [0.29, 0.717) is 5.75 Å². The molecule has 1 heteroatoms. The zero-order chi connectivity index (χ0) is 15.3. The highest BCUT2D eigenvalue weighted by molar-refractivity contribution is 5.47. The van der Waals surface area contributed by atoms with E-state index in [9.17, 15) is 5.11 Å². The van der Waals surface area contributed by atoms with Crippen LogP contribution in [0.25, 0.3) is 0 Å². The number of phenolic OH excluding ortho intramolecular Hbond substituents is 1. The first-order chi connectivity index (χ1) is 10.3. The molecule has 0 amide bonds. The molecule has 0 atom stereocenters. The minimum Gasteiger partial charge on any atom is -0.508 e. The molecule has 21 heavy (non-hydrogen) atoms. The van der Waals surface area contributed by atoms with Crippen LogP contribution >= 0.6 is 0 Å². The first-order valence-electron chi connectivity index (χ1n) is 8.57. The van der Waals surface area contributed by atoms with Gasteiger partial charge in [-0.3, -0.25) is 0 Å². The van der Waals surface area contributed by atoms with Gasteiger partial charge in [0.2, 0.25) is 0 Å². The first kappa shape index (κ1) is 17.6. The van der Waals surface area contributed by atoms with E-state index < -0.39 is 0 Å². The van der Waals surface area contributed by atoms with Gasteiger partial charge >= 0.3 is 0 Å². The number of rotatable bonds is 11. The smallest absolute Gasteiger partial charge is 0.120 e. The highest BCUT2D eigenvalue weighted by Gasteiger charge is 2.05. The van der Waals surface area contributed by atoms with Crippen molar-refractivity contribution < 1.29 is 5.11 Å². The summed E-state index contributed by atoms with van der Waals surface area (Å²) in [6.45, 7) is 2.26. The Morgan fingerprint density at radius 2 is 1.48 bits per heavy atom. The molecular formula is C20H30O. The molecule has 0 saturated heterocycles. The highest BCUT2D eigenvalue weighted by atomic mass is 16.3. The van der Waals surface area contributed by atoms with Gasteiger partial charge in [0.15, 0.2) is 0 Å². The fraction of sp³-hybridized carbons (Fsp3) is 0.600. The number of unbranched alkanes of at least 4 members (excludes halogenated alkanes) is 9. The van der Waals surface area contributed by atoms with Crippen molar-refractivity contribution >= 4 is 0 Å². The van der Waals surface area contributed by atoms with Crippen LogP contribution in [0.3, 0.4) is 0 Å². The molecule has 0 aromatic heterocycles. The predicted molar refractivity (Wildman–Crippen MR) is 91.6 cm³/mol. The second-order valence-corrected chi connectivity index (χ2v) is 5.88. The Bertz CT molecular complexity index is 428. The van der Waals surface area contributed by atoms with Crippen molar-refractivity contribution in [2.45, 2.75) is 77.6 Å². The molecule has 0 unspecified atom stereocenters. The summed E-state index contributed by atoms with van der Waals surface area (Å²) in [5.41, 5.74) is 1.78. The van der Waals surface area contributed by atoms with E-state index in [4.69, 9.17) is 6.42 Å². The minimum atomic E-state index is 0.348. The van der Waals surface area contributed by atoms with Gasteiger partial charge in [-0.15, -0.1) is 6.42 Å². The van der Waals surface area contributed by atoms with Crippen LogP contribution in [0.1, 0.15) is 82.3 Å². The summed E-state index contributed by atoms with van der Waals surface area (Å²) >= 11 is 0. The van der Waals surface area contributed by atoms with Crippen molar-refractivity contribution in [2.24, 2.45) is 0 Å². The van der Waals surface area contributed by atoms with Crippen molar-refractivity contribution in [1.82, 2.24) is 0 Å². The van der Waals surface area contributed by atoms with Crippen molar-refractivity contribution in [3.05, 3.63) is 29.3 Å². The molecule has 116 valence electrons. The van der Waals surface area contributed by atoms with Crippen molar-refractivity contribution in [3.63, 3.8) is 0 Å². The SMILES string of the molecule is C#Cc1cccc(O)c1CCCCCCCCCCCC. The third-order valence-electron chi connectivity index (χ3n) is 4.09. The fourth-order valence-electron chi connectivity index (χ4n) is 2.76. The van der Waals surface area contributed by atoms with E-state index in [1.165, 1.54) is 57.8 Å². The van der Waals surface area contributed by atoms with Crippen LogP contribution in [0.4, 0.5) is 0 Å². The van der Waals surface area contributed by atoms with Gasteiger partial charge < -0.3 is 5.11 Å². The van der Waals surface area contributed by atoms with Gasteiger partial charge in [0.25, 0.3) is 0 Å². The molecule has 1 nitrogen and oxygen atoms in total. The van der Waals surface area contributed by atoms with Crippen molar-refractivity contribution in [2.75, 3.05) is 0 Å². The number of terminal acetylenes is 1. The molecule has 0 fully saturated rings. The van der Waals surface area contributed by atoms with Crippen LogP contribution in [0, 0.1) is 12.3 Å². The Balaban J connectivity index is 2.09. The lowest BCUT2D eigenvalue weighted by Gasteiger charge is -2.07. The molecule has 0 spiro atoms. The number of aromatic hydroxyl groups is 1. The molecule has 0 aliphatic carbocycles. The molecule has 0 aliphatic rings. The molecule has 0 radical (unpaired) electrons. The Morgan fingerprint density at radius 3 is 2.05 bits per heavy atom. The van der Waals surface area contributed by atoms with Crippen LogP contribution in [-0.2, 0) is 6.42 Å². The summed E-state index contributed by atoms with van der Waals surface area (Å²) < 4.78 is 0. The average molecular weight is 286 g/mol. The predicted octanol–water partition coefficient (Wildman–Crippen LogP) is 5.84. The molecular weight excluding hydrogens is 256 g/mol. The van der Waals surface area contributed by atoms with Crippen LogP contribution < -0.4 is 0 Å². The van der Waals surface area contributed by atoms with Crippen LogP contribution in [0.5, 0.6) is 5.75 Å². The van der Waals surface area contributed by atoms with Crippen LogP contribution in [0.15, 0.2) is 18.2 Å². The molecule has 0 heterocycles. The van der Waals surface area contributed by atoms with Gasteiger partial charge in [0.1, 0.15) is 5.75 Å². The second kappa shape index (κ2) is 11.3. The Morgan fingerprint density at radius 1 is 0.905 bits per heavy atom. The van der Waals surface area contributed by atoms with Gasteiger partial charge in [-0.1, -0.05) is 76.7 Å². The molecule has 1 aromatic rings. The lowest BCUT2D eigenvalue weighted by atomic mass is 9.99. The average Bonchev–Trinajstić information content (AvgIpc) is 2.50. The van der Waals surface area contributed by atoms with Crippen molar-refractivity contribution in [3.8, 4) is 18.1 Å². The molecule has 1 N–H and O–H groups in total. The fourth-order valence-corrected chi connectivity index (χ4v) is 2.76. The molecule has 0 saturated carbocycles. The summed E-state index contributed by atoms with van der Waals surface area (Å²) in [4.78, 5) is 0. The monoisotopic (exact) mass is 286 g/mol. The molecule has 0 aliphatic heterocycles. The maximum atomic E-state index is 9.87. The first-order valence-corrected chi connectivity index (χ1v) is 8.57. The number of hydrogen-bond acceptors (Lipinski definition) is 1. The topological polar surface area (TPSA) is 20.2 Å². The summed E-state index contributed by atoms with van der Waals surface area (Å²) in [6, 6.07) is 5.45. The summed E-state index contributed by atoms with van der Waals surface area (Å²) in [7, 11) is 0. The quantitative estimate of drug-likeness (QED) is 0.400. The van der Waals surface area contributed by atoms with E-state index in [1.54, 1.807) is 6.07 Å². The van der Waals surface area contributed by atoms with E-state index in [0.717, 1.165) is 24.0 Å². The summed E-state index contributed by atoms with van der Waals surface area (Å²) in [5.74, 6) is 3.01. The standard InChI is InChI=1S/C20H30O/c1-3-5-6-7-8-9-10-11-12-13-16-19-18(4-2)15-14-17-20(19)21/h2,14-15,17,21H,3,5-13,16H2,1H3. The Kier molecular flexibility index (Phi) is 9.46. The summed E-state index contributed by atoms with van der Waals surface area (Å²) in [5, 5.41) is 9.87. The molecule has 1 aromatic carbocycles. The minimum absolute atomic E-state index is 0.348. The normalized spacial score (nSPS) is 10.5. The molecule has 0 bridgehead atoms. The highest BCUT2D eigenvalue weighted by Crippen LogP contribution is 2.23. The van der Waals surface area contributed by atoms with Gasteiger partial charge in [0, 0.05) is 11.1 Å². The zero-order valence-corrected chi connectivity index (χ0v) is 13.5. The van der Waals surface area contributed by atoms with Gasteiger partial charge in [-0.05, 0) is 25.0 Å². The second-order valence-electron chi connectivity index (χ2n) is 5.88. The third kappa shape index (κ3) is 7.23. The maximum Gasteiger partial charge on any atom is 0.120 e. The zero-order valence-electron chi connectivity index (χ0n) is 13.5. The van der Waals surface area contributed by atoms with Crippen LogP contribution in [0.2, 0.25) is 0 Å². The van der Waals surface area contributed by atoms with Gasteiger partial charge in [-0.25, -0.2) is 0 Å². The van der Waals surface area contributed by atoms with Gasteiger partial charge in [0.05, 0.1) is 0 Å². The Labute approximate surface area is 130 Å². The van der Waals surface area contributed by atoms with Crippen LogP contribution in [-0.4, -0.2) is 5.11 Å². The largest absolute Gasteiger partial charge is 0.508 e. The number of hydrogen-bond donors (Lipinski definition) is 1. The number of phenols is 1. The van der Waals surface area contributed by atoms with E-state index >= 15 is 0 Å². The number of benzene rings is 1. The summed E-state index contributed by atoms with van der Waals surface area (Å²) in [6.07, 6.45) is 19.6. The molecule has 1 rings (SSSR count). The van der Waals surface area contributed by atoms with Crippen molar-refractivity contribution in [1.29, 1.82) is 0 Å². The lowest BCUT2D eigenvalue weighted by molar-refractivity contribution is 0.465. The Hall–Kier alpha value is -1.42. The lowest BCUT2D eigenvalue weighted by Crippen LogP contribution is -1.92.